The van der Waals surface area contributed by atoms with E-state index in [2.05, 4.69) is 10.1 Å². The maximum absolute atomic E-state index is 10.2. The number of nitrogen functional groups attached to an aromatic ring is 1. The van der Waals surface area contributed by atoms with Crippen molar-refractivity contribution in [3.05, 3.63) is 24.2 Å². The summed E-state index contributed by atoms with van der Waals surface area (Å²) in [7, 11) is 0. The summed E-state index contributed by atoms with van der Waals surface area (Å²) < 4.78 is 6.75. The molecular formula is C12H13N5O4. The third kappa shape index (κ3) is 1.71. The minimum absolute atomic E-state index is 0.205. The van der Waals surface area contributed by atoms with Crippen LogP contribution in [0.5, 0.6) is 0 Å². The third-order valence-electron chi connectivity index (χ3n) is 3.67. The number of nitriles is 1. The normalized spacial score (nSPS) is 32.4. The van der Waals surface area contributed by atoms with Crippen LogP contribution in [0.2, 0.25) is 0 Å². The van der Waals surface area contributed by atoms with Crippen LogP contribution in [0.15, 0.2) is 18.5 Å². The van der Waals surface area contributed by atoms with Gasteiger partial charge in [-0.15, -0.1) is 0 Å². The SMILES string of the molecule is N#C[C@]1(c2ccc3c(N)ncnn23)O[C@H](CO)[C@@H](O)C1O. The maximum Gasteiger partial charge on any atom is 0.225 e. The van der Waals surface area contributed by atoms with Gasteiger partial charge in [0.1, 0.15) is 36.2 Å². The first-order valence-corrected chi connectivity index (χ1v) is 6.20. The molecule has 0 amide bonds. The lowest BCUT2D eigenvalue weighted by molar-refractivity contribution is -0.0643. The molecule has 2 aromatic heterocycles. The van der Waals surface area contributed by atoms with E-state index in [4.69, 9.17) is 10.5 Å². The van der Waals surface area contributed by atoms with Crippen LogP contribution in [0.4, 0.5) is 5.82 Å². The minimum atomic E-state index is -1.85. The number of ether oxygens (including phenoxy) is 1. The summed E-state index contributed by atoms with van der Waals surface area (Å²) in [5.74, 6) is 0.205. The van der Waals surface area contributed by atoms with Crippen molar-refractivity contribution in [1.82, 2.24) is 14.6 Å². The predicted molar refractivity (Wildman–Crippen MR) is 68.7 cm³/mol. The van der Waals surface area contributed by atoms with E-state index in [1.165, 1.54) is 16.9 Å². The molecule has 1 aliphatic rings. The monoisotopic (exact) mass is 291 g/mol. The van der Waals surface area contributed by atoms with Crippen molar-refractivity contribution in [2.24, 2.45) is 0 Å². The number of nitrogens with zero attached hydrogens (tertiary/aromatic N) is 4. The molecule has 1 unspecified atom stereocenters. The molecule has 4 atom stereocenters. The van der Waals surface area contributed by atoms with Crippen molar-refractivity contribution in [3.63, 3.8) is 0 Å². The maximum atomic E-state index is 10.2. The van der Waals surface area contributed by atoms with Crippen molar-refractivity contribution in [3.8, 4) is 6.07 Å². The summed E-state index contributed by atoms with van der Waals surface area (Å²) in [6.45, 7) is -0.526. The Morgan fingerprint density at radius 3 is 2.86 bits per heavy atom. The van der Waals surface area contributed by atoms with Gasteiger partial charge >= 0.3 is 0 Å². The lowest BCUT2D eigenvalue weighted by Crippen LogP contribution is -2.40. The Labute approximate surface area is 118 Å². The van der Waals surface area contributed by atoms with Gasteiger partial charge in [-0.1, -0.05) is 0 Å². The average Bonchev–Trinajstić information content (AvgIpc) is 3.03. The van der Waals surface area contributed by atoms with Gasteiger partial charge in [-0.25, -0.2) is 9.50 Å². The third-order valence-corrected chi connectivity index (χ3v) is 3.67. The van der Waals surface area contributed by atoms with Crippen LogP contribution in [-0.2, 0) is 10.3 Å². The average molecular weight is 291 g/mol. The van der Waals surface area contributed by atoms with Gasteiger partial charge < -0.3 is 25.8 Å². The molecule has 1 saturated heterocycles. The zero-order valence-electron chi connectivity index (χ0n) is 10.8. The molecule has 0 saturated carbocycles. The molecule has 1 fully saturated rings. The highest BCUT2D eigenvalue weighted by molar-refractivity contribution is 5.66. The number of aromatic nitrogens is 3. The first-order chi connectivity index (χ1) is 10.0. The molecule has 9 heteroatoms. The van der Waals surface area contributed by atoms with Gasteiger partial charge in [-0.05, 0) is 12.1 Å². The second-order valence-electron chi connectivity index (χ2n) is 4.78. The highest BCUT2D eigenvalue weighted by Crippen LogP contribution is 2.40. The van der Waals surface area contributed by atoms with E-state index in [-0.39, 0.29) is 11.5 Å². The Morgan fingerprint density at radius 2 is 2.24 bits per heavy atom. The zero-order valence-corrected chi connectivity index (χ0v) is 10.8. The van der Waals surface area contributed by atoms with Crippen LogP contribution in [0, 0.1) is 11.3 Å². The zero-order chi connectivity index (χ0) is 15.2. The minimum Gasteiger partial charge on any atom is -0.394 e. The molecule has 0 aromatic carbocycles. The molecule has 0 aliphatic carbocycles. The number of fused-ring (bicyclic) bond motifs is 1. The van der Waals surface area contributed by atoms with Crippen molar-refractivity contribution < 1.29 is 20.1 Å². The number of aliphatic hydroxyl groups is 3. The van der Waals surface area contributed by atoms with Crippen LogP contribution in [0.3, 0.4) is 0 Å². The number of nitrogens with two attached hydrogens (primary N) is 1. The van der Waals surface area contributed by atoms with Crippen LogP contribution in [0.1, 0.15) is 5.69 Å². The molecule has 0 bridgehead atoms. The Hall–Kier alpha value is -2.25. The smallest absolute Gasteiger partial charge is 0.225 e. The van der Waals surface area contributed by atoms with E-state index >= 15 is 0 Å². The fourth-order valence-corrected chi connectivity index (χ4v) is 2.56. The van der Waals surface area contributed by atoms with Crippen LogP contribution < -0.4 is 5.73 Å². The summed E-state index contributed by atoms with van der Waals surface area (Å²) in [6, 6.07) is 4.97. The Morgan fingerprint density at radius 1 is 1.48 bits per heavy atom. The first kappa shape index (κ1) is 13.7. The lowest BCUT2D eigenvalue weighted by atomic mass is 9.92. The second kappa shape index (κ2) is 4.64. The van der Waals surface area contributed by atoms with E-state index in [9.17, 15) is 20.6 Å². The van der Waals surface area contributed by atoms with Gasteiger partial charge in [0.2, 0.25) is 5.60 Å². The van der Waals surface area contributed by atoms with Gasteiger partial charge in [-0.2, -0.15) is 10.4 Å². The number of rotatable bonds is 2. The van der Waals surface area contributed by atoms with Crippen molar-refractivity contribution in [1.29, 1.82) is 5.26 Å². The summed E-state index contributed by atoms with van der Waals surface area (Å²) in [4.78, 5) is 3.83. The standard InChI is InChI=1S/C12H13N5O4/c13-4-12(10(20)9(19)7(3-18)21-12)8-2-1-6-11(14)15-5-16-17(6)8/h1-2,5,7,9-10,18-20H,3H2,(H2,14,15,16)/t7-,9-,10?,12-/m1/s1. The summed E-state index contributed by atoms with van der Waals surface area (Å²) in [5.41, 5.74) is 4.52. The fraction of sp³-hybridized carbons (Fsp3) is 0.417. The van der Waals surface area contributed by atoms with Crippen molar-refractivity contribution in [2.75, 3.05) is 12.3 Å². The fourth-order valence-electron chi connectivity index (χ4n) is 2.56. The molecule has 3 heterocycles. The number of hydrogen-bond acceptors (Lipinski definition) is 8. The van der Waals surface area contributed by atoms with Crippen LogP contribution in [0.25, 0.3) is 5.52 Å². The van der Waals surface area contributed by atoms with E-state index in [1.807, 2.05) is 6.07 Å². The molecular weight excluding hydrogens is 278 g/mol. The van der Waals surface area contributed by atoms with Gasteiger partial charge in [0.05, 0.1) is 12.3 Å². The van der Waals surface area contributed by atoms with Gasteiger partial charge in [0.25, 0.3) is 0 Å². The molecule has 110 valence electrons. The van der Waals surface area contributed by atoms with E-state index < -0.39 is 30.5 Å². The number of hydrogen-bond donors (Lipinski definition) is 4. The van der Waals surface area contributed by atoms with E-state index in [0.717, 1.165) is 0 Å². The van der Waals surface area contributed by atoms with Crippen molar-refractivity contribution in [2.45, 2.75) is 23.9 Å². The Kier molecular flexibility index (Phi) is 3.03. The van der Waals surface area contributed by atoms with Crippen LogP contribution >= 0.6 is 0 Å². The molecule has 1 aliphatic heterocycles. The molecule has 3 rings (SSSR count). The molecule has 21 heavy (non-hydrogen) atoms. The topological polar surface area (TPSA) is 150 Å². The highest BCUT2D eigenvalue weighted by atomic mass is 16.6. The summed E-state index contributed by atoms with van der Waals surface area (Å²) in [5, 5.41) is 42.8. The number of anilines is 1. The highest BCUT2D eigenvalue weighted by Gasteiger charge is 2.57. The molecule has 0 radical (unpaired) electrons. The molecule has 9 nitrogen and oxygen atoms in total. The Bertz CT molecular complexity index is 726. The largest absolute Gasteiger partial charge is 0.394 e. The van der Waals surface area contributed by atoms with Crippen LogP contribution in [-0.4, -0.2) is 54.8 Å². The van der Waals surface area contributed by atoms with Gasteiger partial charge in [0, 0.05) is 0 Å². The van der Waals surface area contributed by atoms with Gasteiger partial charge in [0.15, 0.2) is 5.82 Å². The summed E-state index contributed by atoms with van der Waals surface area (Å²) in [6.07, 6.45) is -2.78. The first-order valence-electron chi connectivity index (χ1n) is 6.20. The van der Waals surface area contributed by atoms with E-state index in [0.29, 0.717) is 5.52 Å². The van der Waals surface area contributed by atoms with E-state index in [1.54, 1.807) is 6.07 Å². The number of aliphatic hydroxyl groups excluding tert-OH is 3. The summed E-state index contributed by atoms with van der Waals surface area (Å²) >= 11 is 0. The second-order valence-corrected chi connectivity index (χ2v) is 4.78. The van der Waals surface area contributed by atoms with Crippen molar-refractivity contribution >= 4 is 11.3 Å². The predicted octanol–water partition coefficient (Wildman–Crippen LogP) is -1.86. The van der Waals surface area contributed by atoms with Gasteiger partial charge in [-0.3, -0.25) is 0 Å². The Balaban J connectivity index is 2.20. The molecule has 0 spiro atoms. The molecule has 2 aromatic rings. The molecule has 5 N–H and O–H groups in total. The quantitative estimate of drug-likeness (QED) is 0.503. The lowest BCUT2D eigenvalue weighted by Gasteiger charge is -2.24.